The van der Waals surface area contributed by atoms with Crippen molar-refractivity contribution >= 4 is 50.2 Å². The summed E-state index contributed by atoms with van der Waals surface area (Å²) < 4.78 is 42.3. The molecule has 0 N–H and O–H groups in total. The molecular weight excluding hydrogens is 428 g/mol. The number of nitrogens with zero attached hydrogens (tertiary/aromatic N) is 2. The van der Waals surface area contributed by atoms with Crippen LogP contribution in [0.25, 0.3) is 11.0 Å². The first-order chi connectivity index (χ1) is 11.2. The zero-order valence-electron chi connectivity index (χ0n) is 12.2. The molecule has 0 radical (unpaired) electrons. The zero-order chi connectivity index (χ0) is 17.6. The second-order valence-electron chi connectivity index (χ2n) is 5.28. The van der Waals surface area contributed by atoms with Gasteiger partial charge in [-0.2, -0.15) is 13.2 Å². The lowest BCUT2D eigenvalue weighted by Gasteiger charge is -2.20. The van der Waals surface area contributed by atoms with E-state index >= 15 is 0 Å². The van der Waals surface area contributed by atoms with Gasteiger partial charge in [0.15, 0.2) is 0 Å². The number of imidazole rings is 1. The fourth-order valence-electron chi connectivity index (χ4n) is 2.64. The molecule has 1 atom stereocenters. The minimum Gasteiger partial charge on any atom is -0.313 e. The minimum atomic E-state index is -4.58. The third-order valence-electron chi connectivity index (χ3n) is 3.70. The van der Waals surface area contributed by atoms with Crippen LogP contribution in [0.5, 0.6) is 0 Å². The normalized spacial score (nSPS) is 13.5. The summed E-state index contributed by atoms with van der Waals surface area (Å²) in [4.78, 5) is 3.77. The van der Waals surface area contributed by atoms with E-state index in [1.165, 1.54) is 6.07 Å². The topological polar surface area (TPSA) is 17.8 Å². The van der Waals surface area contributed by atoms with Crippen LogP contribution in [0.15, 0.2) is 40.9 Å². The Morgan fingerprint density at radius 2 is 1.83 bits per heavy atom. The third kappa shape index (κ3) is 3.15. The third-order valence-corrected chi connectivity index (χ3v) is 4.76. The maximum Gasteiger partial charge on any atom is 0.449 e. The SMILES string of the molecule is C[C@H](c1ccc(Cl)cc1Cl)n1c(C(F)(F)F)nc2ccc(Br)cc21. The number of rotatable bonds is 2. The molecule has 3 rings (SSSR count). The summed E-state index contributed by atoms with van der Waals surface area (Å²) in [5.74, 6) is -0.964. The van der Waals surface area contributed by atoms with Crippen LogP contribution in [0.4, 0.5) is 13.2 Å². The lowest BCUT2D eigenvalue weighted by molar-refractivity contribution is -0.147. The predicted molar refractivity (Wildman–Crippen MR) is 92.7 cm³/mol. The second kappa shape index (κ2) is 6.24. The van der Waals surface area contributed by atoms with Crippen molar-refractivity contribution in [3.05, 3.63) is 62.3 Å². The molecular formula is C16H10BrCl2F3N2. The summed E-state index contributed by atoms with van der Waals surface area (Å²) >= 11 is 15.3. The zero-order valence-corrected chi connectivity index (χ0v) is 15.3. The van der Waals surface area contributed by atoms with Gasteiger partial charge in [0.25, 0.3) is 0 Å². The monoisotopic (exact) mass is 436 g/mol. The largest absolute Gasteiger partial charge is 0.449 e. The number of benzene rings is 2. The highest BCUT2D eigenvalue weighted by molar-refractivity contribution is 9.10. The van der Waals surface area contributed by atoms with Gasteiger partial charge < -0.3 is 4.57 Å². The highest BCUT2D eigenvalue weighted by Gasteiger charge is 2.39. The Labute approximate surface area is 154 Å². The summed E-state index contributed by atoms with van der Waals surface area (Å²) in [6, 6.07) is 8.86. The van der Waals surface area contributed by atoms with Crippen molar-refractivity contribution in [2.45, 2.75) is 19.1 Å². The fourth-order valence-corrected chi connectivity index (χ4v) is 3.55. The number of aromatic nitrogens is 2. The van der Waals surface area contributed by atoms with Gasteiger partial charge in [-0.1, -0.05) is 45.2 Å². The molecule has 0 unspecified atom stereocenters. The van der Waals surface area contributed by atoms with Crippen LogP contribution < -0.4 is 0 Å². The van der Waals surface area contributed by atoms with Crippen LogP contribution in [-0.2, 0) is 6.18 Å². The molecule has 1 heterocycles. The molecule has 0 saturated heterocycles. The number of halogens is 6. The molecule has 0 spiro atoms. The molecule has 2 aromatic carbocycles. The van der Waals surface area contributed by atoms with Gasteiger partial charge in [0.1, 0.15) is 0 Å². The van der Waals surface area contributed by atoms with E-state index in [0.717, 1.165) is 4.57 Å². The van der Waals surface area contributed by atoms with Gasteiger partial charge in [0, 0.05) is 14.5 Å². The summed E-state index contributed by atoms with van der Waals surface area (Å²) in [5.41, 5.74) is 1.17. The van der Waals surface area contributed by atoms with Crippen LogP contribution in [-0.4, -0.2) is 9.55 Å². The molecule has 0 aliphatic carbocycles. The predicted octanol–water partition coefficient (Wildman–Crippen LogP) is 6.73. The average molecular weight is 438 g/mol. The van der Waals surface area contributed by atoms with Gasteiger partial charge in [-0.3, -0.25) is 0 Å². The second-order valence-corrected chi connectivity index (χ2v) is 7.04. The lowest BCUT2D eigenvalue weighted by Crippen LogP contribution is -2.18. The fraction of sp³-hybridized carbons (Fsp3) is 0.188. The van der Waals surface area contributed by atoms with Crippen LogP contribution in [0, 0.1) is 0 Å². The first kappa shape index (κ1) is 17.6. The van der Waals surface area contributed by atoms with E-state index in [0.29, 0.717) is 25.6 Å². The number of hydrogen-bond donors (Lipinski definition) is 0. The van der Waals surface area contributed by atoms with E-state index in [1.54, 1.807) is 37.3 Å². The highest BCUT2D eigenvalue weighted by Crippen LogP contribution is 2.38. The Bertz CT molecular complexity index is 922. The molecule has 0 aliphatic heterocycles. The van der Waals surface area contributed by atoms with Crippen molar-refractivity contribution in [3.63, 3.8) is 0 Å². The molecule has 0 bridgehead atoms. The van der Waals surface area contributed by atoms with Crippen molar-refractivity contribution in [3.8, 4) is 0 Å². The molecule has 1 aromatic heterocycles. The van der Waals surface area contributed by atoms with E-state index in [9.17, 15) is 13.2 Å². The van der Waals surface area contributed by atoms with Gasteiger partial charge in [0.05, 0.1) is 17.1 Å². The standard InChI is InChI=1S/C16H10BrCl2F3N2/c1-8(11-4-3-10(18)7-12(11)19)24-14-6-9(17)2-5-13(14)23-15(24)16(20,21)22/h2-8H,1H3/t8-/m1/s1. The molecule has 0 saturated carbocycles. The van der Waals surface area contributed by atoms with Crippen molar-refractivity contribution in [1.29, 1.82) is 0 Å². The summed E-state index contributed by atoms with van der Waals surface area (Å²) in [6.45, 7) is 1.65. The molecule has 126 valence electrons. The summed E-state index contributed by atoms with van der Waals surface area (Å²) in [6.07, 6.45) is -4.58. The maximum absolute atomic E-state index is 13.5. The average Bonchev–Trinajstić information content (AvgIpc) is 2.85. The number of hydrogen-bond acceptors (Lipinski definition) is 1. The quantitative estimate of drug-likeness (QED) is 0.434. The molecule has 24 heavy (non-hydrogen) atoms. The van der Waals surface area contributed by atoms with E-state index in [1.807, 2.05) is 0 Å². The van der Waals surface area contributed by atoms with Crippen molar-refractivity contribution in [1.82, 2.24) is 9.55 Å². The lowest BCUT2D eigenvalue weighted by atomic mass is 10.1. The van der Waals surface area contributed by atoms with E-state index < -0.39 is 18.0 Å². The molecule has 0 fully saturated rings. The van der Waals surface area contributed by atoms with Gasteiger partial charge in [-0.05, 0) is 42.8 Å². The van der Waals surface area contributed by atoms with Crippen LogP contribution in [0.2, 0.25) is 10.0 Å². The van der Waals surface area contributed by atoms with E-state index in [2.05, 4.69) is 20.9 Å². The van der Waals surface area contributed by atoms with Gasteiger partial charge in [0.2, 0.25) is 5.82 Å². The van der Waals surface area contributed by atoms with Crippen LogP contribution in [0.1, 0.15) is 24.4 Å². The first-order valence-electron chi connectivity index (χ1n) is 6.88. The minimum absolute atomic E-state index is 0.266. The Balaban J connectivity index is 2.28. The smallest absolute Gasteiger partial charge is 0.313 e. The Kier molecular flexibility index (Phi) is 4.57. The summed E-state index contributed by atoms with van der Waals surface area (Å²) in [5, 5.41) is 0.727. The van der Waals surface area contributed by atoms with Crippen molar-refractivity contribution in [2.75, 3.05) is 0 Å². The van der Waals surface area contributed by atoms with Gasteiger partial charge in [-0.15, -0.1) is 0 Å². The van der Waals surface area contributed by atoms with Crippen LogP contribution >= 0.6 is 39.1 Å². The van der Waals surface area contributed by atoms with Gasteiger partial charge in [-0.25, -0.2) is 4.98 Å². The maximum atomic E-state index is 13.5. The first-order valence-corrected chi connectivity index (χ1v) is 8.43. The Morgan fingerprint density at radius 3 is 2.46 bits per heavy atom. The van der Waals surface area contributed by atoms with Crippen molar-refractivity contribution < 1.29 is 13.2 Å². The number of fused-ring (bicyclic) bond motifs is 1. The highest BCUT2D eigenvalue weighted by atomic mass is 79.9. The Hall–Kier alpha value is -1.24. The Morgan fingerprint density at radius 1 is 1.12 bits per heavy atom. The molecule has 3 aromatic rings. The number of alkyl halides is 3. The van der Waals surface area contributed by atoms with E-state index in [4.69, 9.17) is 23.2 Å². The molecule has 8 heteroatoms. The summed E-state index contributed by atoms with van der Waals surface area (Å²) in [7, 11) is 0. The van der Waals surface area contributed by atoms with Gasteiger partial charge >= 0.3 is 6.18 Å². The van der Waals surface area contributed by atoms with E-state index in [-0.39, 0.29) is 5.52 Å². The van der Waals surface area contributed by atoms with Crippen LogP contribution in [0.3, 0.4) is 0 Å². The molecule has 0 aliphatic rings. The molecule has 0 amide bonds. The molecule has 2 nitrogen and oxygen atoms in total. The van der Waals surface area contributed by atoms with Crippen molar-refractivity contribution in [2.24, 2.45) is 0 Å².